The number of nitrogens with one attached hydrogen (secondary N) is 1. The molecular formula is C22H22N2O5. The molecule has 0 bridgehead atoms. The summed E-state index contributed by atoms with van der Waals surface area (Å²) in [5.41, 5.74) is 9.54. The van der Waals surface area contributed by atoms with Gasteiger partial charge in [0.15, 0.2) is 0 Å². The SMILES string of the molecule is CC(=O)Oc1c(C)c(C)c2c(c1C)C=C(C(=O)Nc1cccc(C(N)=O)c1)CO2. The van der Waals surface area contributed by atoms with Crippen molar-refractivity contribution in [1.82, 2.24) is 0 Å². The minimum Gasteiger partial charge on any atom is -0.488 e. The minimum absolute atomic E-state index is 0.0982. The van der Waals surface area contributed by atoms with Crippen LogP contribution in [0.25, 0.3) is 6.08 Å². The number of esters is 1. The van der Waals surface area contributed by atoms with E-state index in [-0.39, 0.29) is 12.5 Å². The van der Waals surface area contributed by atoms with Gasteiger partial charge in [-0.05, 0) is 56.2 Å². The van der Waals surface area contributed by atoms with E-state index in [1.807, 2.05) is 20.8 Å². The smallest absolute Gasteiger partial charge is 0.308 e. The first-order valence-electron chi connectivity index (χ1n) is 9.05. The van der Waals surface area contributed by atoms with E-state index in [9.17, 15) is 14.4 Å². The summed E-state index contributed by atoms with van der Waals surface area (Å²) in [6.45, 7) is 7.01. The summed E-state index contributed by atoms with van der Waals surface area (Å²) in [4.78, 5) is 35.5. The van der Waals surface area contributed by atoms with Crippen molar-refractivity contribution in [2.24, 2.45) is 5.73 Å². The van der Waals surface area contributed by atoms with Crippen LogP contribution < -0.4 is 20.5 Å². The highest BCUT2D eigenvalue weighted by molar-refractivity contribution is 6.08. The Kier molecular flexibility index (Phi) is 5.41. The maximum atomic E-state index is 12.7. The van der Waals surface area contributed by atoms with Gasteiger partial charge in [0.1, 0.15) is 18.1 Å². The Morgan fingerprint density at radius 3 is 2.48 bits per heavy atom. The predicted molar refractivity (Wildman–Crippen MR) is 109 cm³/mol. The third-order valence-corrected chi connectivity index (χ3v) is 4.87. The molecule has 2 aromatic rings. The van der Waals surface area contributed by atoms with Crippen LogP contribution in [0.2, 0.25) is 0 Å². The highest BCUT2D eigenvalue weighted by Gasteiger charge is 2.25. The van der Waals surface area contributed by atoms with Gasteiger partial charge < -0.3 is 20.5 Å². The fraction of sp³-hybridized carbons (Fsp3) is 0.227. The molecule has 2 aromatic carbocycles. The summed E-state index contributed by atoms with van der Waals surface area (Å²) in [6, 6.07) is 6.39. The van der Waals surface area contributed by atoms with Crippen molar-refractivity contribution < 1.29 is 23.9 Å². The maximum Gasteiger partial charge on any atom is 0.308 e. The number of amides is 2. The Balaban J connectivity index is 1.95. The Morgan fingerprint density at radius 2 is 1.83 bits per heavy atom. The van der Waals surface area contributed by atoms with E-state index in [2.05, 4.69) is 5.32 Å². The first-order chi connectivity index (χ1) is 13.7. The zero-order chi connectivity index (χ0) is 21.3. The normalized spacial score (nSPS) is 12.3. The van der Waals surface area contributed by atoms with Crippen LogP contribution in [0.1, 0.15) is 39.5 Å². The number of fused-ring (bicyclic) bond motifs is 1. The molecule has 0 saturated carbocycles. The molecule has 3 N–H and O–H groups in total. The fourth-order valence-electron chi connectivity index (χ4n) is 3.23. The van der Waals surface area contributed by atoms with E-state index in [4.69, 9.17) is 15.2 Å². The molecule has 0 aromatic heterocycles. The number of hydrogen-bond donors (Lipinski definition) is 2. The summed E-state index contributed by atoms with van der Waals surface area (Å²) in [5.74, 6) is -0.199. The van der Waals surface area contributed by atoms with Crippen LogP contribution in [0.5, 0.6) is 11.5 Å². The lowest BCUT2D eigenvalue weighted by atomic mass is 9.94. The molecule has 0 unspecified atom stereocenters. The minimum atomic E-state index is -0.574. The average molecular weight is 394 g/mol. The lowest BCUT2D eigenvalue weighted by molar-refractivity contribution is -0.132. The topological polar surface area (TPSA) is 108 Å². The Morgan fingerprint density at radius 1 is 1.10 bits per heavy atom. The molecule has 2 amide bonds. The Bertz CT molecular complexity index is 1070. The van der Waals surface area contributed by atoms with Crippen LogP contribution in [0.4, 0.5) is 5.69 Å². The fourth-order valence-corrected chi connectivity index (χ4v) is 3.23. The molecule has 7 heteroatoms. The van der Waals surface area contributed by atoms with Gasteiger partial charge in [0.05, 0.1) is 5.57 Å². The van der Waals surface area contributed by atoms with Crippen molar-refractivity contribution in [3.8, 4) is 11.5 Å². The third-order valence-electron chi connectivity index (χ3n) is 4.87. The van der Waals surface area contributed by atoms with Crippen molar-refractivity contribution in [3.63, 3.8) is 0 Å². The largest absolute Gasteiger partial charge is 0.488 e. The van der Waals surface area contributed by atoms with E-state index in [1.165, 1.54) is 13.0 Å². The van der Waals surface area contributed by atoms with Crippen molar-refractivity contribution >= 4 is 29.5 Å². The summed E-state index contributed by atoms with van der Waals surface area (Å²) in [6.07, 6.45) is 1.74. The molecule has 3 rings (SSSR count). The molecule has 0 spiro atoms. The summed E-state index contributed by atoms with van der Waals surface area (Å²) >= 11 is 0. The molecule has 0 radical (unpaired) electrons. The number of rotatable bonds is 4. The number of hydrogen-bond acceptors (Lipinski definition) is 5. The van der Waals surface area contributed by atoms with Crippen LogP contribution in [-0.2, 0) is 9.59 Å². The number of carbonyl (C=O) groups is 3. The predicted octanol–water partition coefficient (Wildman–Crippen LogP) is 3.05. The van der Waals surface area contributed by atoms with E-state index in [0.717, 1.165) is 16.7 Å². The number of benzene rings is 2. The number of carbonyl (C=O) groups excluding carboxylic acids is 3. The Labute approximate surface area is 168 Å². The molecule has 150 valence electrons. The standard InChI is InChI=1S/C22H22N2O5/c1-11-12(2)20-18(13(3)19(11)29-14(4)25)9-16(10-28-20)22(27)24-17-7-5-6-15(8-17)21(23)26/h5-9H,10H2,1-4H3,(H2,23,26)(H,24,27). The van der Waals surface area contributed by atoms with E-state index in [0.29, 0.717) is 33.9 Å². The van der Waals surface area contributed by atoms with Crippen LogP contribution >= 0.6 is 0 Å². The second-order valence-corrected chi connectivity index (χ2v) is 6.90. The van der Waals surface area contributed by atoms with Crippen molar-refractivity contribution in [3.05, 3.63) is 57.7 Å². The molecular weight excluding hydrogens is 372 g/mol. The number of ether oxygens (including phenoxy) is 2. The molecule has 1 aliphatic heterocycles. The molecule has 0 atom stereocenters. The van der Waals surface area contributed by atoms with Gasteiger partial charge in [-0.3, -0.25) is 14.4 Å². The van der Waals surface area contributed by atoms with Gasteiger partial charge in [-0.15, -0.1) is 0 Å². The van der Waals surface area contributed by atoms with Gasteiger partial charge in [-0.1, -0.05) is 6.07 Å². The van der Waals surface area contributed by atoms with E-state index in [1.54, 1.807) is 24.3 Å². The van der Waals surface area contributed by atoms with Crippen LogP contribution in [0.15, 0.2) is 29.8 Å². The summed E-state index contributed by atoms with van der Waals surface area (Å²) in [5, 5.41) is 2.75. The molecule has 0 fully saturated rings. The van der Waals surface area contributed by atoms with Crippen molar-refractivity contribution in [2.75, 3.05) is 11.9 Å². The number of anilines is 1. The van der Waals surface area contributed by atoms with Crippen molar-refractivity contribution in [1.29, 1.82) is 0 Å². The second kappa shape index (κ2) is 7.79. The third kappa shape index (κ3) is 3.99. The number of primary amides is 1. The van der Waals surface area contributed by atoms with Gasteiger partial charge >= 0.3 is 5.97 Å². The first kappa shape index (κ1) is 20.1. The van der Waals surface area contributed by atoms with Crippen LogP contribution in [0.3, 0.4) is 0 Å². The molecule has 0 aliphatic carbocycles. The highest BCUT2D eigenvalue weighted by atomic mass is 16.5. The quantitative estimate of drug-likeness (QED) is 0.612. The van der Waals surface area contributed by atoms with Gasteiger partial charge in [-0.2, -0.15) is 0 Å². The lowest BCUT2D eigenvalue weighted by Gasteiger charge is -2.24. The van der Waals surface area contributed by atoms with Crippen molar-refractivity contribution in [2.45, 2.75) is 27.7 Å². The molecule has 1 heterocycles. The number of nitrogens with two attached hydrogens (primary N) is 1. The van der Waals surface area contributed by atoms with Gasteiger partial charge in [-0.25, -0.2) is 0 Å². The van der Waals surface area contributed by atoms with Gasteiger partial charge in [0.25, 0.3) is 5.91 Å². The zero-order valence-electron chi connectivity index (χ0n) is 16.7. The maximum absolute atomic E-state index is 12.7. The lowest BCUT2D eigenvalue weighted by Crippen LogP contribution is -2.22. The van der Waals surface area contributed by atoms with Gasteiger partial charge in [0.2, 0.25) is 5.91 Å². The monoisotopic (exact) mass is 394 g/mol. The van der Waals surface area contributed by atoms with Gasteiger partial charge in [0, 0.05) is 29.3 Å². The second-order valence-electron chi connectivity index (χ2n) is 6.90. The molecule has 7 nitrogen and oxygen atoms in total. The molecule has 29 heavy (non-hydrogen) atoms. The van der Waals surface area contributed by atoms with E-state index < -0.39 is 11.9 Å². The molecule has 1 aliphatic rings. The summed E-state index contributed by atoms with van der Waals surface area (Å²) in [7, 11) is 0. The highest BCUT2D eigenvalue weighted by Crippen LogP contribution is 2.41. The van der Waals surface area contributed by atoms with E-state index >= 15 is 0 Å². The molecule has 0 saturated heterocycles. The first-order valence-corrected chi connectivity index (χ1v) is 9.05. The zero-order valence-corrected chi connectivity index (χ0v) is 16.7. The van der Waals surface area contributed by atoms with Crippen LogP contribution in [0, 0.1) is 20.8 Å². The average Bonchev–Trinajstić information content (AvgIpc) is 2.69. The van der Waals surface area contributed by atoms with Crippen LogP contribution in [-0.4, -0.2) is 24.4 Å². The summed E-state index contributed by atoms with van der Waals surface area (Å²) < 4.78 is 11.2. The Hall–Kier alpha value is -3.61.